The Morgan fingerprint density at radius 1 is 1.15 bits per heavy atom. The van der Waals surface area contributed by atoms with E-state index in [1.807, 2.05) is 12.1 Å². The molecule has 0 unspecified atom stereocenters. The van der Waals surface area contributed by atoms with Gasteiger partial charge < -0.3 is 10.2 Å². The number of benzene rings is 2. The Kier molecular flexibility index (Phi) is 5.93. The Hall–Kier alpha value is -2.34. The van der Waals surface area contributed by atoms with Crippen LogP contribution in [-0.2, 0) is 11.3 Å². The fourth-order valence-electron chi connectivity index (χ4n) is 2.43. The van der Waals surface area contributed by atoms with E-state index in [-0.39, 0.29) is 23.4 Å². The van der Waals surface area contributed by atoms with Gasteiger partial charge in [0.05, 0.1) is 5.75 Å². The molecule has 4 nitrogen and oxygen atoms in total. The lowest BCUT2D eigenvalue weighted by Gasteiger charge is -2.17. The van der Waals surface area contributed by atoms with E-state index in [2.05, 4.69) is 5.32 Å². The number of amides is 2. The molecule has 1 fully saturated rings. The molecule has 6 heteroatoms. The molecule has 26 heavy (non-hydrogen) atoms. The molecule has 1 aliphatic rings. The average Bonchev–Trinajstić information content (AvgIpc) is 3.45. The van der Waals surface area contributed by atoms with Gasteiger partial charge in [-0.25, -0.2) is 4.39 Å². The van der Waals surface area contributed by atoms with Crippen molar-refractivity contribution in [1.82, 2.24) is 10.2 Å². The molecule has 0 radical (unpaired) electrons. The molecule has 0 atom stereocenters. The number of rotatable bonds is 7. The molecule has 2 aromatic rings. The summed E-state index contributed by atoms with van der Waals surface area (Å²) in [5, 5.41) is 2.95. The number of thioether (sulfide) groups is 1. The van der Waals surface area contributed by atoms with Crippen LogP contribution in [0.1, 0.15) is 28.8 Å². The van der Waals surface area contributed by atoms with E-state index in [0.29, 0.717) is 23.0 Å². The Labute approximate surface area is 156 Å². The van der Waals surface area contributed by atoms with Gasteiger partial charge >= 0.3 is 0 Å². The second-order valence-corrected chi connectivity index (χ2v) is 7.43. The summed E-state index contributed by atoms with van der Waals surface area (Å²) in [7, 11) is 1.72. The molecule has 0 saturated heterocycles. The first kappa shape index (κ1) is 18.5. The minimum absolute atomic E-state index is 0.0511. The third kappa shape index (κ3) is 5.08. The Balaban J connectivity index is 1.50. The van der Waals surface area contributed by atoms with Crippen LogP contribution in [0.5, 0.6) is 0 Å². The standard InChI is InChI=1S/C20H21FN2O2S/c1-23(19(24)13-26-18-5-3-2-4-17(18)21)12-14-6-8-15(9-7-14)20(25)22-16-10-11-16/h2-9,16H,10-13H2,1H3,(H,22,25). The lowest BCUT2D eigenvalue weighted by atomic mass is 10.1. The molecule has 0 aromatic heterocycles. The van der Waals surface area contributed by atoms with Crippen LogP contribution in [0.15, 0.2) is 53.4 Å². The monoisotopic (exact) mass is 372 g/mol. The zero-order valence-corrected chi connectivity index (χ0v) is 15.4. The van der Waals surface area contributed by atoms with Crippen LogP contribution in [0.4, 0.5) is 4.39 Å². The second-order valence-electron chi connectivity index (χ2n) is 6.41. The number of hydrogen-bond donors (Lipinski definition) is 1. The third-order valence-electron chi connectivity index (χ3n) is 4.16. The Bertz CT molecular complexity index is 791. The highest BCUT2D eigenvalue weighted by atomic mass is 32.2. The molecule has 2 aromatic carbocycles. The number of nitrogens with zero attached hydrogens (tertiary/aromatic N) is 1. The maximum absolute atomic E-state index is 13.6. The van der Waals surface area contributed by atoms with Crippen molar-refractivity contribution < 1.29 is 14.0 Å². The lowest BCUT2D eigenvalue weighted by molar-refractivity contribution is -0.127. The maximum Gasteiger partial charge on any atom is 0.251 e. The minimum atomic E-state index is -0.312. The number of carbonyl (C=O) groups excluding carboxylic acids is 2. The van der Waals surface area contributed by atoms with Crippen LogP contribution in [-0.4, -0.2) is 35.6 Å². The molecule has 1 aliphatic carbocycles. The zero-order chi connectivity index (χ0) is 18.5. The summed E-state index contributed by atoms with van der Waals surface area (Å²) in [6, 6.07) is 14.0. The van der Waals surface area contributed by atoms with Crippen molar-refractivity contribution in [2.75, 3.05) is 12.8 Å². The predicted molar refractivity (Wildman–Crippen MR) is 101 cm³/mol. The first-order valence-electron chi connectivity index (χ1n) is 8.54. The third-order valence-corrected chi connectivity index (χ3v) is 5.20. The average molecular weight is 372 g/mol. The molecular weight excluding hydrogens is 351 g/mol. The first-order chi connectivity index (χ1) is 12.5. The quantitative estimate of drug-likeness (QED) is 0.757. The van der Waals surface area contributed by atoms with Crippen molar-refractivity contribution in [3.63, 3.8) is 0 Å². The van der Waals surface area contributed by atoms with Gasteiger partial charge in [0.25, 0.3) is 5.91 Å². The molecule has 1 N–H and O–H groups in total. The van der Waals surface area contributed by atoms with Crippen LogP contribution >= 0.6 is 11.8 Å². The topological polar surface area (TPSA) is 49.4 Å². The van der Waals surface area contributed by atoms with Crippen molar-refractivity contribution >= 4 is 23.6 Å². The molecule has 2 amide bonds. The molecule has 136 valence electrons. The van der Waals surface area contributed by atoms with Gasteiger partial charge in [-0.1, -0.05) is 24.3 Å². The number of hydrogen-bond acceptors (Lipinski definition) is 3. The fraction of sp³-hybridized carbons (Fsp3) is 0.300. The van der Waals surface area contributed by atoms with Crippen molar-refractivity contribution in [1.29, 1.82) is 0 Å². The highest BCUT2D eigenvalue weighted by molar-refractivity contribution is 8.00. The summed E-state index contributed by atoms with van der Waals surface area (Å²) in [4.78, 5) is 26.3. The molecule has 0 heterocycles. The van der Waals surface area contributed by atoms with E-state index >= 15 is 0 Å². The SMILES string of the molecule is CN(Cc1ccc(C(=O)NC2CC2)cc1)C(=O)CSc1ccccc1F. The van der Waals surface area contributed by atoms with E-state index in [4.69, 9.17) is 0 Å². The van der Waals surface area contributed by atoms with E-state index < -0.39 is 0 Å². The molecule has 3 rings (SSSR count). The van der Waals surface area contributed by atoms with Crippen LogP contribution in [0.2, 0.25) is 0 Å². The van der Waals surface area contributed by atoms with E-state index in [1.54, 1.807) is 42.3 Å². The summed E-state index contributed by atoms with van der Waals surface area (Å²) in [6.07, 6.45) is 2.11. The van der Waals surface area contributed by atoms with E-state index in [9.17, 15) is 14.0 Å². The van der Waals surface area contributed by atoms with Gasteiger partial charge in [0.1, 0.15) is 5.82 Å². The van der Waals surface area contributed by atoms with Gasteiger partial charge in [-0.05, 0) is 42.7 Å². The van der Waals surface area contributed by atoms with Crippen LogP contribution < -0.4 is 5.32 Å². The summed E-state index contributed by atoms with van der Waals surface area (Å²) in [5.74, 6) is -0.258. The fourth-order valence-corrected chi connectivity index (χ4v) is 3.31. The van der Waals surface area contributed by atoms with Crippen molar-refractivity contribution in [3.8, 4) is 0 Å². The maximum atomic E-state index is 13.6. The van der Waals surface area contributed by atoms with Gasteiger partial charge in [-0.2, -0.15) is 0 Å². The normalized spacial score (nSPS) is 13.3. The molecular formula is C20H21FN2O2S. The zero-order valence-electron chi connectivity index (χ0n) is 14.6. The largest absolute Gasteiger partial charge is 0.349 e. The van der Waals surface area contributed by atoms with Gasteiger partial charge in [-0.15, -0.1) is 11.8 Å². The highest BCUT2D eigenvalue weighted by Crippen LogP contribution is 2.22. The number of carbonyl (C=O) groups is 2. The van der Waals surface area contributed by atoms with E-state index in [1.165, 1.54) is 17.8 Å². The van der Waals surface area contributed by atoms with Crippen LogP contribution in [0, 0.1) is 5.82 Å². The highest BCUT2D eigenvalue weighted by Gasteiger charge is 2.23. The summed E-state index contributed by atoms with van der Waals surface area (Å²) in [5.41, 5.74) is 1.57. The summed E-state index contributed by atoms with van der Waals surface area (Å²) < 4.78 is 13.6. The lowest BCUT2D eigenvalue weighted by Crippen LogP contribution is -2.28. The summed E-state index contributed by atoms with van der Waals surface area (Å²) in [6.45, 7) is 0.446. The predicted octanol–water partition coefficient (Wildman–Crippen LogP) is 3.47. The van der Waals surface area contributed by atoms with Gasteiger partial charge in [-0.3, -0.25) is 9.59 Å². The Morgan fingerprint density at radius 2 is 1.85 bits per heavy atom. The molecule has 0 aliphatic heterocycles. The number of nitrogens with one attached hydrogen (secondary N) is 1. The van der Waals surface area contributed by atoms with Crippen molar-refractivity contribution in [3.05, 3.63) is 65.5 Å². The molecule has 0 spiro atoms. The minimum Gasteiger partial charge on any atom is -0.349 e. The first-order valence-corrected chi connectivity index (χ1v) is 9.52. The molecule has 0 bridgehead atoms. The van der Waals surface area contributed by atoms with Crippen molar-refractivity contribution in [2.45, 2.75) is 30.3 Å². The van der Waals surface area contributed by atoms with Crippen LogP contribution in [0.3, 0.4) is 0 Å². The van der Waals surface area contributed by atoms with Gasteiger partial charge in [0, 0.05) is 30.1 Å². The van der Waals surface area contributed by atoms with Crippen LogP contribution in [0.25, 0.3) is 0 Å². The second kappa shape index (κ2) is 8.36. The summed E-state index contributed by atoms with van der Waals surface area (Å²) >= 11 is 1.19. The Morgan fingerprint density at radius 3 is 2.50 bits per heavy atom. The number of halogens is 1. The van der Waals surface area contributed by atoms with Crippen molar-refractivity contribution in [2.24, 2.45) is 0 Å². The van der Waals surface area contributed by atoms with Gasteiger partial charge in [0.15, 0.2) is 0 Å². The molecule has 1 saturated carbocycles. The van der Waals surface area contributed by atoms with E-state index in [0.717, 1.165) is 18.4 Å². The van der Waals surface area contributed by atoms with Gasteiger partial charge in [0.2, 0.25) is 5.91 Å². The smallest absolute Gasteiger partial charge is 0.251 e.